The van der Waals surface area contributed by atoms with Crippen LogP contribution in [-0.4, -0.2) is 35.5 Å². The third-order valence-corrected chi connectivity index (χ3v) is 3.50. The van der Waals surface area contributed by atoms with Crippen LogP contribution in [0, 0.1) is 0 Å². The summed E-state index contributed by atoms with van der Waals surface area (Å²) in [5.41, 5.74) is 1.37. The lowest BCUT2D eigenvalue weighted by Crippen LogP contribution is -2.44. The number of nitrogens with one attached hydrogen (secondary N) is 1. The highest BCUT2D eigenvalue weighted by Gasteiger charge is 2.33. The Kier molecular flexibility index (Phi) is 5.86. The summed E-state index contributed by atoms with van der Waals surface area (Å²) in [6, 6.07) is 0.765. The molecule has 1 aliphatic heterocycles. The first kappa shape index (κ1) is 15.2. The summed E-state index contributed by atoms with van der Waals surface area (Å²) in [6.45, 7) is 11.5. The van der Waals surface area contributed by atoms with Crippen molar-refractivity contribution in [3.05, 3.63) is 11.6 Å². The average molecular weight is 252 g/mol. The minimum atomic E-state index is 0.0362. The first-order valence-corrected chi connectivity index (χ1v) is 7.11. The summed E-state index contributed by atoms with van der Waals surface area (Å²) in [5.74, 6) is 0.277. The molecule has 1 heterocycles. The molecule has 1 aliphatic rings. The summed E-state index contributed by atoms with van der Waals surface area (Å²) in [6.07, 6.45) is 5.39. The Morgan fingerprint density at radius 2 is 2.11 bits per heavy atom. The lowest BCUT2D eigenvalue weighted by atomic mass is 10.1. The van der Waals surface area contributed by atoms with Gasteiger partial charge in [0.2, 0.25) is 5.91 Å². The predicted octanol–water partition coefficient (Wildman–Crippen LogP) is 2.72. The van der Waals surface area contributed by atoms with Crippen molar-refractivity contribution < 1.29 is 4.79 Å². The van der Waals surface area contributed by atoms with Crippen molar-refractivity contribution in [1.29, 1.82) is 0 Å². The largest absolute Gasteiger partial charge is 0.339 e. The van der Waals surface area contributed by atoms with E-state index in [-0.39, 0.29) is 11.9 Å². The standard InChI is InChI=1S/C15H28N2O/c1-11(2)7-6-8-13(5)16-14-9-10-17(12(3)4)15(14)18/h7,12-14,16H,6,8-10H2,1-5H3/t13-,14+/m0/s1. The summed E-state index contributed by atoms with van der Waals surface area (Å²) in [5, 5.41) is 3.47. The van der Waals surface area contributed by atoms with Crippen molar-refractivity contribution in [2.24, 2.45) is 0 Å². The molecule has 1 amide bonds. The van der Waals surface area contributed by atoms with Gasteiger partial charge in [0.15, 0.2) is 0 Å². The number of carbonyl (C=O) groups excluding carboxylic acids is 1. The van der Waals surface area contributed by atoms with E-state index in [9.17, 15) is 4.79 Å². The first-order valence-electron chi connectivity index (χ1n) is 7.11. The predicted molar refractivity (Wildman–Crippen MR) is 76.5 cm³/mol. The van der Waals surface area contributed by atoms with Gasteiger partial charge in [-0.1, -0.05) is 11.6 Å². The number of allylic oxidation sites excluding steroid dienone is 2. The molecule has 1 N–H and O–H groups in total. The van der Waals surface area contributed by atoms with Gasteiger partial charge in [-0.3, -0.25) is 4.79 Å². The van der Waals surface area contributed by atoms with Crippen LogP contribution >= 0.6 is 0 Å². The van der Waals surface area contributed by atoms with E-state index in [2.05, 4.69) is 46.0 Å². The monoisotopic (exact) mass is 252 g/mol. The lowest BCUT2D eigenvalue weighted by molar-refractivity contribution is -0.130. The first-order chi connectivity index (χ1) is 8.41. The zero-order chi connectivity index (χ0) is 13.7. The maximum Gasteiger partial charge on any atom is 0.240 e. The third-order valence-electron chi connectivity index (χ3n) is 3.50. The molecule has 0 aromatic rings. The van der Waals surface area contributed by atoms with Gasteiger partial charge in [0.25, 0.3) is 0 Å². The Morgan fingerprint density at radius 3 is 2.61 bits per heavy atom. The summed E-state index contributed by atoms with van der Waals surface area (Å²) >= 11 is 0. The van der Waals surface area contributed by atoms with Crippen molar-refractivity contribution in [3.8, 4) is 0 Å². The fraction of sp³-hybridized carbons (Fsp3) is 0.800. The molecule has 0 radical (unpaired) electrons. The number of rotatable bonds is 6. The van der Waals surface area contributed by atoms with Gasteiger partial charge in [-0.15, -0.1) is 0 Å². The molecule has 1 saturated heterocycles. The van der Waals surface area contributed by atoms with E-state index >= 15 is 0 Å². The van der Waals surface area contributed by atoms with Crippen LogP contribution in [0.4, 0.5) is 0 Å². The molecule has 1 rings (SSSR count). The van der Waals surface area contributed by atoms with E-state index in [0.717, 1.165) is 25.8 Å². The summed E-state index contributed by atoms with van der Waals surface area (Å²) in [4.78, 5) is 14.1. The molecule has 0 aromatic heterocycles. The van der Waals surface area contributed by atoms with Gasteiger partial charge in [0.05, 0.1) is 6.04 Å². The second-order valence-electron chi connectivity index (χ2n) is 5.89. The molecule has 2 atom stereocenters. The summed E-state index contributed by atoms with van der Waals surface area (Å²) < 4.78 is 0. The molecular formula is C15H28N2O. The number of amides is 1. The maximum absolute atomic E-state index is 12.1. The highest BCUT2D eigenvalue weighted by Crippen LogP contribution is 2.15. The SMILES string of the molecule is CC(C)=CCC[C@H](C)N[C@@H]1CCN(C(C)C)C1=O. The second kappa shape index (κ2) is 6.93. The van der Waals surface area contributed by atoms with Crippen molar-refractivity contribution in [2.45, 2.75) is 72.0 Å². The molecule has 1 fully saturated rings. The quantitative estimate of drug-likeness (QED) is 0.737. The molecule has 3 heteroatoms. The van der Waals surface area contributed by atoms with Crippen LogP contribution in [0.25, 0.3) is 0 Å². The minimum Gasteiger partial charge on any atom is -0.339 e. The van der Waals surface area contributed by atoms with Crippen LogP contribution in [0.3, 0.4) is 0 Å². The summed E-state index contributed by atoms with van der Waals surface area (Å²) in [7, 11) is 0. The number of hydrogen-bond acceptors (Lipinski definition) is 2. The van der Waals surface area contributed by atoms with Crippen molar-refractivity contribution >= 4 is 5.91 Å². The highest BCUT2D eigenvalue weighted by atomic mass is 16.2. The molecule has 0 bridgehead atoms. The van der Waals surface area contributed by atoms with E-state index in [1.165, 1.54) is 5.57 Å². The van der Waals surface area contributed by atoms with Crippen molar-refractivity contribution in [2.75, 3.05) is 6.54 Å². The van der Waals surface area contributed by atoms with E-state index in [1.807, 2.05) is 4.90 Å². The molecule has 0 aliphatic carbocycles. The van der Waals surface area contributed by atoms with E-state index in [0.29, 0.717) is 12.1 Å². The Hall–Kier alpha value is -0.830. The van der Waals surface area contributed by atoms with Crippen LogP contribution < -0.4 is 5.32 Å². The van der Waals surface area contributed by atoms with Crippen molar-refractivity contribution in [3.63, 3.8) is 0 Å². The topological polar surface area (TPSA) is 32.3 Å². The number of carbonyl (C=O) groups is 1. The molecule has 0 unspecified atom stereocenters. The normalized spacial score (nSPS) is 21.6. The number of likely N-dealkylation sites (tertiary alicyclic amines) is 1. The molecule has 0 spiro atoms. The van der Waals surface area contributed by atoms with Gasteiger partial charge in [0.1, 0.15) is 0 Å². The Balaban J connectivity index is 2.35. The lowest BCUT2D eigenvalue weighted by Gasteiger charge is -2.22. The highest BCUT2D eigenvalue weighted by molar-refractivity contribution is 5.84. The van der Waals surface area contributed by atoms with Gasteiger partial charge >= 0.3 is 0 Å². The van der Waals surface area contributed by atoms with Gasteiger partial charge in [-0.2, -0.15) is 0 Å². The van der Waals surface area contributed by atoms with Crippen LogP contribution in [0.1, 0.15) is 53.9 Å². The molecule has 0 aromatic carbocycles. The van der Waals surface area contributed by atoms with Gasteiger partial charge < -0.3 is 10.2 Å². The number of nitrogens with zero attached hydrogens (tertiary/aromatic N) is 1. The molecule has 104 valence electrons. The zero-order valence-electron chi connectivity index (χ0n) is 12.5. The molecule has 18 heavy (non-hydrogen) atoms. The fourth-order valence-corrected chi connectivity index (χ4v) is 2.42. The van der Waals surface area contributed by atoms with Gasteiger partial charge in [-0.25, -0.2) is 0 Å². The molecular weight excluding hydrogens is 224 g/mol. The van der Waals surface area contributed by atoms with E-state index in [1.54, 1.807) is 0 Å². The fourth-order valence-electron chi connectivity index (χ4n) is 2.42. The zero-order valence-corrected chi connectivity index (χ0v) is 12.5. The minimum absolute atomic E-state index is 0.0362. The van der Waals surface area contributed by atoms with Crippen LogP contribution in [0.2, 0.25) is 0 Å². The van der Waals surface area contributed by atoms with Crippen molar-refractivity contribution in [1.82, 2.24) is 10.2 Å². The van der Waals surface area contributed by atoms with Crippen LogP contribution in [0.5, 0.6) is 0 Å². The third kappa shape index (κ3) is 4.45. The van der Waals surface area contributed by atoms with Crippen LogP contribution in [-0.2, 0) is 4.79 Å². The number of hydrogen-bond donors (Lipinski definition) is 1. The van der Waals surface area contributed by atoms with E-state index in [4.69, 9.17) is 0 Å². The maximum atomic E-state index is 12.1. The Morgan fingerprint density at radius 1 is 1.44 bits per heavy atom. The molecule has 0 saturated carbocycles. The molecule has 3 nitrogen and oxygen atoms in total. The Bertz CT molecular complexity index is 306. The van der Waals surface area contributed by atoms with Gasteiger partial charge in [0, 0.05) is 18.6 Å². The van der Waals surface area contributed by atoms with Gasteiger partial charge in [-0.05, 0) is 53.9 Å². The van der Waals surface area contributed by atoms with Crippen LogP contribution in [0.15, 0.2) is 11.6 Å². The second-order valence-corrected chi connectivity index (χ2v) is 5.89. The average Bonchev–Trinajstić information content (AvgIpc) is 2.60. The van der Waals surface area contributed by atoms with E-state index < -0.39 is 0 Å². The Labute approximate surface area is 112 Å². The smallest absolute Gasteiger partial charge is 0.240 e.